The van der Waals surface area contributed by atoms with Gasteiger partial charge in [-0.3, -0.25) is 53.3 Å². The van der Waals surface area contributed by atoms with E-state index in [1.165, 1.54) is 63.2 Å². The number of nitrogens with one attached hydrogen (secondary N) is 9. The van der Waals surface area contributed by atoms with E-state index >= 15 is 0 Å². The van der Waals surface area contributed by atoms with Crippen LogP contribution in [-0.2, 0) is 57.6 Å². The van der Waals surface area contributed by atoms with Crippen LogP contribution in [0.15, 0.2) is 64.3 Å². The van der Waals surface area contributed by atoms with E-state index in [1.807, 2.05) is 0 Å². The van der Waals surface area contributed by atoms with Crippen LogP contribution in [0.5, 0.6) is 5.75 Å². The summed E-state index contributed by atoms with van der Waals surface area (Å²) in [4.78, 5) is 134. The Morgan fingerprint density at radius 2 is 0.878 bits per heavy atom. The van der Waals surface area contributed by atoms with E-state index in [2.05, 4.69) is 72.1 Å². The molecule has 24 N–H and O–H groups in total. The van der Waals surface area contributed by atoms with Gasteiger partial charge < -0.3 is 92.4 Å². The van der Waals surface area contributed by atoms with Crippen LogP contribution in [-0.4, -0.2) is 152 Å². The Kier molecular flexibility index (Phi) is 24.6. The van der Waals surface area contributed by atoms with Crippen molar-refractivity contribution in [2.45, 2.75) is 114 Å². The molecule has 30 nitrogen and oxygen atoms in total. The van der Waals surface area contributed by atoms with Crippen LogP contribution < -0.4 is 77.4 Å². The maximum absolute atomic E-state index is 14.4. The summed E-state index contributed by atoms with van der Waals surface area (Å²) in [6.07, 6.45) is 5.64. The number of aromatic nitrogens is 4. The smallest absolute Gasteiger partial charge is 0.243 e. The predicted octanol–water partition coefficient (Wildman–Crippen LogP) is -6.05. The van der Waals surface area contributed by atoms with Gasteiger partial charge in [0.2, 0.25) is 47.3 Å². The third-order valence-electron chi connectivity index (χ3n) is 10.8. The number of rotatable bonds is 32. The molecule has 7 atom stereocenters. The summed E-state index contributed by atoms with van der Waals surface area (Å²) in [6.45, 7) is 2.79. The summed E-state index contributed by atoms with van der Waals surface area (Å²) in [6, 6.07) is -3.46. The number of hydrogen-bond donors (Lipinski definition) is 17. The zero-order chi connectivity index (χ0) is 54.7. The molecular weight excluding hydrogens is 967 g/mol. The first-order valence-corrected chi connectivity index (χ1v) is 23.4. The number of aromatic amines is 2. The molecule has 8 amide bonds. The minimum Gasteiger partial charge on any atom is -0.508 e. The second kappa shape index (κ2) is 30.7. The Morgan fingerprint density at radius 1 is 0.514 bits per heavy atom. The molecule has 0 saturated heterocycles. The van der Waals surface area contributed by atoms with Gasteiger partial charge in [-0.25, -0.2) is 9.97 Å². The third kappa shape index (κ3) is 22.4. The fourth-order valence-electron chi connectivity index (χ4n) is 7.07. The first-order valence-electron chi connectivity index (χ1n) is 23.4. The molecule has 3 aromatic rings. The van der Waals surface area contributed by atoms with Crippen molar-refractivity contribution in [2.24, 2.45) is 55.1 Å². The first kappa shape index (κ1) is 59.3. The lowest BCUT2D eigenvalue weighted by molar-refractivity contribution is -0.135. The molecule has 0 radical (unpaired) electrons. The number of hydrogen-bond acceptors (Lipinski definition) is 14. The minimum absolute atomic E-state index is 0.0142. The molecule has 0 spiro atoms. The summed E-state index contributed by atoms with van der Waals surface area (Å²) in [7, 11) is 0. The average molecular weight is 1040 g/mol. The number of benzene rings is 1. The number of aliphatic imine (C=N–C) groups is 3. The second-order valence-electron chi connectivity index (χ2n) is 17.0. The van der Waals surface area contributed by atoms with Crippen LogP contribution in [0.1, 0.15) is 69.3 Å². The van der Waals surface area contributed by atoms with E-state index in [-0.39, 0.29) is 101 Å². The highest BCUT2D eigenvalue weighted by molar-refractivity contribution is 5.97. The lowest BCUT2D eigenvalue weighted by Crippen LogP contribution is -2.60. The Hall–Kier alpha value is -8.99. The number of carbonyl (C=O) groups excluding carboxylic acids is 8. The lowest BCUT2D eigenvalue weighted by Gasteiger charge is -2.27. The van der Waals surface area contributed by atoms with Crippen molar-refractivity contribution in [2.75, 3.05) is 19.6 Å². The summed E-state index contributed by atoms with van der Waals surface area (Å²) in [5.74, 6) is -7.05. The Bertz CT molecular complexity index is 2400. The molecule has 30 heteroatoms. The highest BCUT2D eigenvalue weighted by Crippen LogP contribution is 2.13. The number of H-pyrrole nitrogens is 2. The van der Waals surface area contributed by atoms with Gasteiger partial charge in [0, 0.05) is 69.6 Å². The van der Waals surface area contributed by atoms with Crippen molar-refractivity contribution in [3.8, 4) is 5.75 Å². The predicted molar refractivity (Wildman–Crippen MR) is 270 cm³/mol. The number of phenols is 1. The van der Waals surface area contributed by atoms with Gasteiger partial charge in [-0.05, 0) is 63.1 Å². The number of nitrogens with two attached hydrogens (primary N) is 7. The van der Waals surface area contributed by atoms with E-state index in [1.54, 1.807) is 0 Å². The average Bonchev–Trinajstić information content (AvgIpc) is 4.06. The van der Waals surface area contributed by atoms with Crippen LogP contribution in [0.25, 0.3) is 0 Å². The minimum atomic E-state index is -1.45. The van der Waals surface area contributed by atoms with Gasteiger partial charge in [0.1, 0.15) is 48.0 Å². The molecule has 404 valence electrons. The number of guanidine groups is 3. The van der Waals surface area contributed by atoms with E-state index in [4.69, 9.17) is 40.1 Å². The van der Waals surface area contributed by atoms with Crippen LogP contribution in [0, 0.1) is 0 Å². The van der Waals surface area contributed by atoms with Crippen molar-refractivity contribution >= 4 is 65.1 Å². The van der Waals surface area contributed by atoms with Crippen molar-refractivity contribution in [3.05, 3.63) is 66.3 Å². The maximum atomic E-state index is 14.4. The topological polar surface area (TPSA) is 518 Å². The molecule has 1 aromatic carbocycles. The van der Waals surface area contributed by atoms with Crippen molar-refractivity contribution in [3.63, 3.8) is 0 Å². The second-order valence-corrected chi connectivity index (χ2v) is 17.0. The van der Waals surface area contributed by atoms with Crippen LogP contribution >= 0.6 is 0 Å². The molecule has 74 heavy (non-hydrogen) atoms. The van der Waals surface area contributed by atoms with Gasteiger partial charge in [-0.15, -0.1) is 0 Å². The number of primary amides is 1. The molecule has 0 aliphatic carbocycles. The lowest BCUT2D eigenvalue weighted by atomic mass is 10.0. The monoisotopic (exact) mass is 1040 g/mol. The zero-order valence-corrected chi connectivity index (χ0v) is 41.1. The molecule has 0 bridgehead atoms. The molecule has 2 heterocycles. The highest BCUT2D eigenvalue weighted by atomic mass is 16.3. The molecule has 0 fully saturated rings. The molecule has 0 aliphatic heterocycles. The Labute approximate surface area is 425 Å². The van der Waals surface area contributed by atoms with Gasteiger partial charge in [0.15, 0.2) is 17.9 Å². The van der Waals surface area contributed by atoms with Crippen LogP contribution in [0.4, 0.5) is 0 Å². The van der Waals surface area contributed by atoms with Crippen LogP contribution in [0.2, 0.25) is 0 Å². The summed E-state index contributed by atoms with van der Waals surface area (Å²) in [5.41, 5.74) is 39.8. The summed E-state index contributed by atoms with van der Waals surface area (Å²) >= 11 is 0. The molecular formula is C44H69N21O9. The zero-order valence-electron chi connectivity index (χ0n) is 41.1. The maximum Gasteiger partial charge on any atom is 0.243 e. The fraction of sp³-hybridized carbons (Fsp3) is 0.477. The Balaban J connectivity index is 1.94. The largest absolute Gasteiger partial charge is 0.508 e. The number of amides is 8. The van der Waals surface area contributed by atoms with E-state index in [0.29, 0.717) is 17.0 Å². The molecule has 0 unspecified atom stereocenters. The quantitative estimate of drug-likeness (QED) is 0.0157. The molecule has 0 saturated carbocycles. The van der Waals surface area contributed by atoms with Crippen molar-refractivity contribution < 1.29 is 43.5 Å². The van der Waals surface area contributed by atoms with Crippen LogP contribution in [0.3, 0.4) is 0 Å². The molecule has 2 aromatic heterocycles. The van der Waals surface area contributed by atoms with Gasteiger partial charge in [-0.2, -0.15) is 0 Å². The summed E-state index contributed by atoms with van der Waals surface area (Å²) < 4.78 is 0. The normalized spacial score (nSPS) is 13.6. The number of aromatic hydroxyl groups is 1. The van der Waals surface area contributed by atoms with Gasteiger partial charge in [0.05, 0.1) is 12.7 Å². The fourth-order valence-corrected chi connectivity index (χ4v) is 7.07. The highest BCUT2D eigenvalue weighted by Gasteiger charge is 2.34. The first-order chi connectivity index (χ1) is 35.1. The number of carbonyl (C=O) groups is 8. The SMILES string of the molecule is CC(=O)N[C@@H](Cc1cnc[nH]1)C(=O)N[C@@H](C)C(=O)N[C@@H](Cc1ccc(O)cc1)C(=O)N[C@@H](CCCN=C(N)N)C(=O)N[C@@H](Cc1cnc[nH]1)C(=O)N[C@@H](CCCN=C(N)N)C(=O)N[C@@H](CCCN=C(N)N)C(N)=O. The van der Waals surface area contributed by atoms with E-state index in [0.717, 1.165) is 0 Å². The summed E-state index contributed by atoms with van der Waals surface area (Å²) in [5, 5.41) is 28.2. The molecule has 0 aliphatic rings. The Morgan fingerprint density at radius 3 is 1.28 bits per heavy atom. The van der Waals surface area contributed by atoms with Gasteiger partial charge >= 0.3 is 0 Å². The third-order valence-corrected chi connectivity index (χ3v) is 10.8. The van der Waals surface area contributed by atoms with E-state index < -0.39 is 89.6 Å². The van der Waals surface area contributed by atoms with E-state index in [9.17, 15) is 43.5 Å². The number of imidazole rings is 2. The van der Waals surface area contributed by atoms with Crippen molar-refractivity contribution in [1.29, 1.82) is 0 Å². The molecule has 3 rings (SSSR count). The number of phenolic OH excluding ortho intramolecular Hbond substituents is 1. The number of nitrogens with zero attached hydrogens (tertiary/aromatic N) is 5. The van der Waals surface area contributed by atoms with Gasteiger partial charge in [-0.1, -0.05) is 12.1 Å². The van der Waals surface area contributed by atoms with Crippen molar-refractivity contribution in [1.82, 2.24) is 57.2 Å². The standard InChI is InChI=1S/C44H69N21O9/c1-23(59-39(72)33(60-24(2)66)17-26-19-52-21-57-26)36(69)64-32(16-25-9-11-28(67)12-10-25)40(73)62-31(8-5-15-56-44(50)51)38(71)65-34(18-27-20-53-22-58-27)41(74)63-30(7-4-14-55-43(48)49)37(70)61-29(35(45)68)6-3-13-54-42(46)47/h9-12,19-23,29-34,67H,3-8,13-18H2,1-2H3,(H2,45,68)(H,52,57)(H,53,58)(H,59,72)(H,60,66)(H,61,70)(H,62,73)(H,63,74)(H,64,69)(H,65,71)(H4,46,47,54)(H4,48,49,55)(H4,50,51,56)/t23-,29-,30-,31-,32-,33-,34-/m0/s1. The van der Waals surface area contributed by atoms with Gasteiger partial charge in [0.25, 0.3) is 0 Å².